The molecule has 172 valence electrons. The van der Waals surface area contributed by atoms with Gasteiger partial charge in [-0.25, -0.2) is 0 Å². The molecule has 33 heavy (non-hydrogen) atoms. The van der Waals surface area contributed by atoms with Crippen molar-refractivity contribution in [2.75, 3.05) is 25.0 Å². The molecular formula is C24H26N4O3S2. The van der Waals surface area contributed by atoms with Gasteiger partial charge in [-0.15, -0.1) is 11.3 Å². The van der Waals surface area contributed by atoms with Crippen LogP contribution >= 0.6 is 23.1 Å². The van der Waals surface area contributed by atoms with Gasteiger partial charge in [0.1, 0.15) is 5.25 Å². The van der Waals surface area contributed by atoms with Crippen molar-refractivity contribution in [3.05, 3.63) is 51.7 Å². The molecule has 1 N–H and O–H groups in total. The van der Waals surface area contributed by atoms with E-state index in [1.807, 2.05) is 4.90 Å². The zero-order valence-corrected chi connectivity index (χ0v) is 20.1. The summed E-state index contributed by atoms with van der Waals surface area (Å²) in [5.74, 6) is -0.466. The number of thiophene rings is 1. The SMILES string of the molecule is C[C@@H]1c2ccsc2CCN1C(=O)c1ccc(NC(=O)C[C@@H]2SC(N3CCCC3)=NC2=O)cc1. The molecule has 0 radical (unpaired) electrons. The molecule has 5 rings (SSSR count). The molecule has 1 aromatic heterocycles. The van der Waals surface area contributed by atoms with Crippen molar-refractivity contribution in [1.29, 1.82) is 0 Å². The minimum absolute atomic E-state index is 0.00299. The molecule has 4 heterocycles. The Morgan fingerprint density at radius 1 is 1.12 bits per heavy atom. The molecule has 3 aliphatic rings. The van der Waals surface area contributed by atoms with Crippen molar-refractivity contribution in [3.63, 3.8) is 0 Å². The van der Waals surface area contributed by atoms with E-state index in [1.54, 1.807) is 35.6 Å². The fourth-order valence-corrected chi connectivity index (χ4v) is 6.66. The molecule has 7 nitrogen and oxygen atoms in total. The molecule has 2 atom stereocenters. The van der Waals surface area contributed by atoms with Crippen LogP contribution in [0.2, 0.25) is 0 Å². The monoisotopic (exact) mass is 482 g/mol. The smallest absolute Gasteiger partial charge is 0.262 e. The quantitative estimate of drug-likeness (QED) is 0.714. The first-order chi connectivity index (χ1) is 16.0. The van der Waals surface area contributed by atoms with Crippen LogP contribution in [0, 0.1) is 0 Å². The van der Waals surface area contributed by atoms with E-state index in [1.165, 1.54) is 22.2 Å². The lowest BCUT2D eigenvalue weighted by molar-refractivity contribution is -0.121. The average molecular weight is 483 g/mol. The van der Waals surface area contributed by atoms with E-state index in [9.17, 15) is 14.4 Å². The molecule has 3 aliphatic heterocycles. The van der Waals surface area contributed by atoms with Gasteiger partial charge in [0.2, 0.25) is 5.91 Å². The molecule has 0 bridgehead atoms. The maximum atomic E-state index is 13.1. The highest BCUT2D eigenvalue weighted by atomic mass is 32.2. The predicted octanol–water partition coefficient (Wildman–Crippen LogP) is 3.93. The Labute approximate surface area is 201 Å². The van der Waals surface area contributed by atoms with Crippen LogP contribution in [0.25, 0.3) is 0 Å². The first-order valence-electron chi connectivity index (χ1n) is 11.3. The van der Waals surface area contributed by atoms with Crippen molar-refractivity contribution >= 4 is 51.7 Å². The van der Waals surface area contributed by atoms with Gasteiger partial charge in [-0.3, -0.25) is 14.4 Å². The molecule has 9 heteroatoms. The fourth-order valence-electron chi connectivity index (χ4n) is 4.58. The van der Waals surface area contributed by atoms with E-state index < -0.39 is 5.25 Å². The van der Waals surface area contributed by atoms with Crippen molar-refractivity contribution in [2.45, 2.75) is 43.9 Å². The summed E-state index contributed by atoms with van der Waals surface area (Å²) in [6.07, 6.45) is 3.20. The Balaban J connectivity index is 1.16. The number of carbonyl (C=O) groups excluding carboxylic acids is 3. The molecule has 2 aromatic rings. The lowest BCUT2D eigenvalue weighted by Crippen LogP contribution is -2.38. The van der Waals surface area contributed by atoms with Crippen LogP contribution in [0.5, 0.6) is 0 Å². The highest BCUT2D eigenvalue weighted by molar-refractivity contribution is 8.15. The van der Waals surface area contributed by atoms with E-state index in [2.05, 4.69) is 33.6 Å². The largest absolute Gasteiger partial charge is 0.351 e. The number of aliphatic imine (C=N–C) groups is 1. The van der Waals surface area contributed by atoms with E-state index >= 15 is 0 Å². The van der Waals surface area contributed by atoms with Gasteiger partial charge in [0.05, 0.1) is 6.04 Å². The van der Waals surface area contributed by atoms with Crippen molar-refractivity contribution in [2.24, 2.45) is 4.99 Å². The number of nitrogens with one attached hydrogen (secondary N) is 1. The second-order valence-electron chi connectivity index (χ2n) is 8.59. The van der Waals surface area contributed by atoms with Crippen LogP contribution in [0.15, 0.2) is 40.7 Å². The highest BCUT2D eigenvalue weighted by Gasteiger charge is 2.34. The zero-order valence-electron chi connectivity index (χ0n) is 18.5. The van der Waals surface area contributed by atoms with Gasteiger partial charge in [-0.2, -0.15) is 4.99 Å². The van der Waals surface area contributed by atoms with Crippen LogP contribution in [0.4, 0.5) is 5.69 Å². The maximum Gasteiger partial charge on any atom is 0.262 e. The van der Waals surface area contributed by atoms with Crippen LogP contribution in [-0.2, 0) is 16.0 Å². The Morgan fingerprint density at radius 3 is 2.64 bits per heavy atom. The van der Waals surface area contributed by atoms with Crippen LogP contribution < -0.4 is 5.32 Å². The van der Waals surface area contributed by atoms with E-state index in [0.717, 1.165) is 37.5 Å². The molecule has 0 aliphatic carbocycles. The fraction of sp³-hybridized carbons (Fsp3) is 0.417. The number of benzene rings is 1. The normalized spacial score (nSPS) is 22.3. The number of anilines is 1. The van der Waals surface area contributed by atoms with Crippen LogP contribution in [-0.4, -0.2) is 57.6 Å². The summed E-state index contributed by atoms with van der Waals surface area (Å²) in [4.78, 5) is 47.4. The van der Waals surface area contributed by atoms with Crippen molar-refractivity contribution in [3.8, 4) is 0 Å². The first-order valence-corrected chi connectivity index (χ1v) is 13.1. The number of carbonyl (C=O) groups is 3. The lowest BCUT2D eigenvalue weighted by atomic mass is 10.0. The molecule has 1 fully saturated rings. The third-order valence-corrected chi connectivity index (χ3v) is 8.64. The summed E-state index contributed by atoms with van der Waals surface area (Å²) in [6, 6.07) is 9.14. The summed E-state index contributed by atoms with van der Waals surface area (Å²) in [5, 5.41) is 5.21. The molecule has 0 saturated carbocycles. The van der Waals surface area contributed by atoms with Gasteiger partial charge in [-0.05, 0) is 67.5 Å². The third-order valence-electron chi connectivity index (χ3n) is 6.43. The molecule has 1 saturated heterocycles. The number of likely N-dealkylation sites (tertiary alicyclic amines) is 1. The number of fused-ring (bicyclic) bond motifs is 1. The molecule has 1 aromatic carbocycles. The van der Waals surface area contributed by atoms with E-state index in [-0.39, 0.29) is 30.2 Å². The summed E-state index contributed by atoms with van der Waals surface area (Å²) in [5.41, 5.74) is 2.45. The van der Waals surface area contributed by atoms with Crippen LogP contribution in [0.3, 0.4) is 0 Å². The lowest BCUT2D eigenvalue weighted by Gasteiger charge is -2.33. The number of amidine groups is 1. The molecule has 3 amide bonds. The van der Waals surface area contributed by atoms with Gasteiger partial charge in [0.15, 0.2) is 5.17 Å². The van der Waals surface area contributed by atoms with Gasteiger partial charge < -0.3 is 15.1 Å². The number of hydrogen-bond donors (Lipinski definition) is 1. The number of rotatable bonds is 4. The molecular weight excluding hydrogens is 456 g/mol. The standard InChI is InChI=1S/C24H26N4O3S2/c1-15-18-9-13-32-19(18)8-12-28(15)23(31)16-4-6-17(7-5-16)25-21(29)14-20-22(30)26-24(33-20)27-10-2-3-11-27/h4-7,9,13,15,20H,2-3,8,10-12,14H2,1H3,(H,25,29)/t15-,20+/m1/s1. The third kappa shape index (κ3) is 4.56. The van der Waals surface area contributed by atoms with Gasteiger partial charge in [-0.1, -0.05) is 11.8 Å². The Morgan fingerprint density at radius 2 is 1.88 bits per heavy atom. The summed E-state index contributed by atoms with van der Waals surface area (Å²) < 4.78 is 0. The summed E-state index contributed by atoms with van der Waals surface area (Å²) >= 11 is 3.14. The minimum Gasteiger partial charge on any atom is -0.351 e. The topological polar surface area (TPSA) is 82.1 Å². The predicted molar refractivity (Wildman–Crippen MR) is 132 cm³/mol. The second kappa shape index (κ2) is 9.30. The first kappa shape index (κ1) is 22.2. The van der Waals surface area contributed by atoms with E-state index in [0.29, 0.717) is 17.8 Å². The number of thioether (sulfide) groups is 1. The summed E-state index contributed by atoms with van der Waals surface area (Å²) in [6.45, 7) is 4.63. The highest BCUT2D eigenvalue weighted by Crippen LogP contribution is 2.34. The van der Waals surface area contributed by atoms with Crippen LogP contribution in [0.1, 0.15) is 53.0 Å². The summed E-state index contributed by atoms with van der Waals surface area (Å²) in [7, 11) is 0. The average Bonchev–Trinajstić information content (AvgIpc) is 3.56. The Bertz CT molecular complexity index is 1110. The number of nitrogens with zero attached hydrogens (tertiary/aromatic N) is 3. The number of hydrogen-bond acceptors (Lipinski definition) is 6. The van der Waals surface area contributed by atoms with Crippen molar-refractivity contribution in [1.82, 2.24) is 9.80 Å². The maximum absolute atomic E-state index is 13.1. The van der Waals surface area contributed by atoms with Crippen molar-refractivity contribution < 1.29 is 14.4 Å². The Kier molecular flexibility index (Phi) is 6.25. The second-order valence-corrected chi connectivity index (χ2v) is 10.8. The van der Waals surface area contributed by atoms with Gasteiger partial charge >= 0.3 is 0 Å². The Hall–Kier alpha value is -2.65. The van der Waals surface area contributed by atoms with Gasteiger partial charge in [0, 0.05) is 42.2 Å². The van der Waals surface area contributed by atoms with E-state index in [4.69, 9.17) is 0 Å². The van der Waals surface area contributed by atoms with Gasteiger partial charge in [0.25, 0.3) is 11.8 Å². The number of amides is 3. The molecule has 0 spiro atoms. The zero-order chi connectivity index (χ0) is 22.9. The molecule has 0 unspecified atom stereocenters. The minimum atomic E-state index is -0.468.